The quantitative estimate of drug-likeness (QED) is 0.897. The van der Waals surface area contributed by atoms with E-state index in [2.05, 4.69) is 0 Å². The van der Waals surface area contributed by atoms with E-state index in [1.165, 1.54) is 22.5 Å². The Morgan fingerprint density at radius 2 is 2.00 bits per heavy atom. The van der Waals surface area contributed by atoms with Gasteiger partial charge in [-0.15, -0.1) is 0 Å². The number of hydrogen-bond donors (Lipinski definition) is 1. The molecular weight excluding hydrogens is 314 g/mol. The van der Waals surface area contributed by atoms with E-state index in [9.17, 15) is 13.2 Å². The normalized spacial score (nSPS) is 17.3. The zero-order valence-corrected chi connectivity index (χ0v) is 12.7. The lowest BCUT2D eigenvalue weighted by atomic mass is 9.98. The molecule has 1 amide bonds. The molecule has 0 radical (unpaired) electrons. The Morgan fingerprint density at radius 1 is 1.38 bits per heavy atom. The van der Waals surface area contributed by atoms with Crippen molar-refractivity contribution in [1.82, 2.24) is 4.31 Å². The number of carbonyl (C=O) groups excluding carboxylic acids is 1. The van der Waals surface area contributed by atoms with Crippen molar-refractivity contribution in [2.75, 3.05) is 13.1 Å². The van der Waals surface area contributed by atoms with Crippen molar-refractivity contribution in [2.24, 2.45) is 11.7 Å². The molecule has 112 valence electrons. The maximum Gasteiger partial charge on any atom is 0.243 e. The Kier molecular flexibility index (Phi) is 4.52. The van der Waals surface area contributed by atoms with E-state index in [4.69, 9.17) is 22.6 Å². The number of primary amides is 1. The van der Waals surface area contributed by atoms with Gasteiger partial charge in [0.15, 0.2) is 0 Å². The number of nitrogens with zero attached hydrogens (tertiary/aromatic N) is 2. The predicted molar refractivity (Wildman–Crippen MR) is 76.8 cm³/mol. The van der Waals surface area contributed by atoms with E-state index >= 15 is 0 Å². The minimum atomic E-state index is -3.67. The molecule has 8 heteroatoms. The summed E-state index contributed by atoms with van der Waals surface area (Å²) in [6.07, 6.45) is 0.831. The molecule has 1 aromatic carbocycles. The molecule has 1 fully saturated rings. The largest absolute Gasteiger partial charge is 0.369 e. The van der Waals surface area contributed by atoms with Crippen LogP contribution in [-0.4, -0.2) is 31.7 Å². The van der Waals surface area contributed by atoms with Crippen LogP contribution >= 0.6 is 11.6 Å². The van der Waals surface area contributed by atoms with Crippen LogP contribution in [0.15, 0.2) is 23.1 Å². The zero-order valence-electron chi connectivity index (χ0n) is 11.1. The van der Waals surface area contributed by atoms with Crippen LogP contribution in [0.25, 0.3) is 0 Å². The second kappa shape index (κ2) is 6.02. The van der Waals surface area contributed by atoms with Crippen molar-refractivity contribution in [2.45, 2.75) is 17.7 Å². The minimum Gasteiger partial charge on any atom is -0.369 e. The second-order valence-corrected chi connectivity index (χ2v) is 7.18. The van der Waals surface area contributed by atoms with Gasteiger partial charge in [-0.3, -0.25) is 4.79 Å². The monoisotopic (exact) mass is 327 g/mol. The third-order valence-electron chi connectivity index (χ3n) is 3.56. The highest BCUT2D eigenvalue weighted by atomic mass is 35.5. The van der Waals surface area contributed by atoms with Crippen molar-refractivity contribution in [1.29, 1.82) is 5.26 Å². The number of halogens is 1. The van der Waals surface area contributed by atoms with Gasteiger partial charge < -0.3 is 5.73 Å². The van der Waals surface area contributed by atoms with Gasteiger partial charge in [0.05, 0.1) is 15.5 Å². The third kappa shape index (κ3) is 3.18. The molecule has 1 aliphatic rings. The molecule has 2 rings (SSSR count). The Hall–Kier alpha value is -1.62. The minimum absolute atomic E-state index is 0.0454. The summed E-state index contributed by atoms with van der Waals surface area (Å²) in [7, 11) is -3.67. The third-order valence-corrected chi connectivity index (χ3v) is 5.76. The summed E-state index contributed by atoms with van der Waals surface area (Å²) in [5, 5.41) is 8.91. The molecule has 1 aromatic rings. The van der Waals surface area contributed by atoms with Gasteiger partial charge >= 0.3 is 0 Å². The van der Waals surface area contributed by atoms with Crippen molar-refractivity contribution < 1.29 is 13.2 Å². The first kappa shape index (κ1) is 15.8. The van der Waals surface area contributed by atoms with Gasteiger partial charge in [-0.05, 0) is 31.0 Å². The highest BCUT2D eigenvalue weighted by Crippen LogP contribution is 2.26. The maximum atomic E-state index is 12.5. The second-order valence-electron chi connectivity index (χ2n) is 4.83. The summed E-state index contributed by atoms with van der Waals surface area (Å²) < 4.78 is 26.3. The maximum absolute atomic E-state index is 12.5. The molecule has 2 N–H and O–H groups in total. The molecule has 0 aliphatic carbocycles. The summed E-state index contributed by atoms with van der Waals surface area (Å²) in [5.41, 5.74) is 5.45. The fraction of sp³-hybridized carbons (Fsp3) is 0.385. The van der Waals surface area contributed by atoms with E-state index in [1.807, 2.05) is 6.07 Å². The molecule has 21 heavy (non-hydrogen) atoms. The number of nitriles is 1. The van der Waals surface area contributed by atoms with Crippen molar-refractivity contribution in [3.05, 3.63) is 28.8 Å². The fourth-order valence-electron chi connectivity index (χ4n) is 2.28. The molecule has 0 saturated carbocycles. The number of benzene rings is 1. The van der Waals surface area contributed by atoms with Crippen LogP contribution in [0.3, 0.4) is 0 Å². The predicted octanol–water partition coefficient (Wildman–Crippen LogP) is 1.10. The molecular formula is C13H14ClN3O3S. The molecule has 1 heterocycles. The van der Waals surface area contributed by atoms with Crippen LogP contribution in [0.2, 0.25) is 5.02 Å². The zero-order chi connectivity index (χ0) is 15.6. The first-order valence-corrected chi connectivity index (χ1v) is 8.17. The first-order valence-electron chi connectivity index (χ1n) is 6.35. The fourth-order valence-corrected chi connectivity index (χ4v) is 4.06. The number of nitrogens with two attached hydrogens (primary N) is 1. The number of amides is 1. The Labute approximate surface area is 128 Å². The first-order chi connectivity index (χ1) is 9.86. The number of carbonyl (C=O) groups is 1. The lowest BCUT2D eigenvalue weighted by Gasteiger charge is -2.29. The van der Waals surface area contributed by atoms with Crippen LogP contribution in [0.4, 0.5) is 0 Å². The topological polar surface area (TPSA) is 104 Å². The summed E-state index contributed by atoms with van der Waals surface area (Å²) >= 11 is 5.87. The van der Waals surface area contributed by atoms with Gasteiger partial charge in [0.25, 0.3) is 0 Å². The van der Waals surface area contributed by atoms with Crippen molar-refractivity contribution in [3.8, 4) is 6.07 Å². The molecule has 0 bridgehead atoms. The van der Waals surface area contributed by atoms with Gasteiger partial charge in [0.2, 0.25) is 15.9 Å². The summed E-state index contributed by atoms with van der Waals surface area (Å²) in [4.78, 5) is 11.1. The number of rotatable bonds is 3. The van der Waals surface area contributed by atoms with Crippen LogP contribution in [-0.2, 0) is 14.8 Å². The van der Waals surface area contributed by atoms with E-state index in [0.717, 1.165) is 0 Å². The van der Waals surface area contributed by atoms with E-state index in [-0.39, 0.29) is 34.5 Å². The number of hydrogen-bond acceptors (Lipinski definition) is 4. The number of piperidine rings is 1. The number of sulfonamides is 1. The molecule has 0 spiro atoms. The Balaban J connectivity index is 2.22. The smallest absolute Gasteiger partial charge is 0.243 e. The van der Waals surface area contributed by atoms with Gasteiger partial charge in [-0.25, -0.2) is 8.42 Å². The van der Waals surface area contributed by atoms with Crippen molar-refractivity contribution >= 4 is 27.5 Å². The van der Waals surface area contributed by atoms with E-state index in [1.54, 1.807) is 0 Å². The lowest BCUT2D eigenvalue weighted by Crippen LogP contribution is -2.41. The van der Waals surface area contributed by atoms with Crippen molar-refractivity contribution in [3.63, 3.8) is 0 Å². The Morgan fingerprint density at radius 3 is 2.48 bits per heavy atom. The SMILES string of the molecule is N#Cc1ccc(S(=O)(=O)N2CCC(C(N)=O)CC2)cc1Cl. The van der Waals surface area contributed by atoms with Crippen LogP contribution < -0.4 is 5.73 Å². The summed E-state index contributed by atoms with van der Waals surface area (Å²) in [6.45, 7) is 0.487. The molecule has 0 unspecified atom stereocenters. The molecule has 0 aromatic heterocycles. The van der Waals surface area contributed by atoms with Gasteiger partial charge in [0.1, 0.15) is 6.07 Å². The average molecular weight is 328 g/mol. The average Bonchev–Trinajstić information content (AvgIpc) is 2.47. The van der Waals surface area contributed by atoms with Gasteiger partial charge in [0, 0.05) is 19.0 Å². The van der Waals surface area contributed by atoms with E-state index < -0.39 is 15.9 Å². The highest BCUT2D eigenvalue weighted by Gasteiger charge is 2.31. The molecule has 0 atom stereocenters. The Bertz CT molecular complexity index is 704. The molecule has 6 nitrogen and oxygen atoms in total. The van der Waals surface area contributed by atoms with Gasteiger partial charge in [-0.2, -0.15) is 9.57 Å². The molecule has 1 saturated heterocycles. The summed E-state index contributed by atoms with van der Waals surface area (Å²) in [6, 6.07) is 5.89. The van der Waals surface area contributed by atoms with E-state index in [0.29, 0.717) is 12.8 Å². The summed E-state index contributed by atoms with van der Waals surface area (Å²) in [5.74, 6) is -0.672. The van der Waals surface area contributed by atoms with Gasteiger partial charge in [-0.1, -0.05) is 11.6 Å². The van der Waals surface area contributed by atoms with Crippen LogP contribution in [0.1, 0.15) is 18.4 Å². The standard InChI is InChI=1S/C13H14ClN3O3S/c14-12-7-11(2-1-10(12)8-15)21(19,20)17-5-3-9(4-6-17)13(16)18/h1-2,7,9H,3-6H2,(H2,16,18). The highest BCUT2D eigenvalue weighted by molar-refractivity contribution is 7.89. The van der Waals surface area contributed by atoms with Crippen LogP contribution in [0, 0.1) is 17.2 Å². The lowest BCUT2D eigenvalue weighted by molar-refractivity contribution is -0.122. The van der Waals surface area contributed by atoms with Crippen LogP contribution in [0.5, 0.6) is 0 Å². The molecule has 1 aliphatic heterocycles.